The molecule has 0 aliphatic carbocycles. The van der Waals surface area contributed by atoms with Gasteiger partial charge in [0.1, 0.15) is 5.82 Å². The summed E-state index contributed by atoms with van der Waals surface area (Å²) in [7, 11) is 0. The second kappa shape index (κ2) is 6.76. The highest BCUT2D eigenvalue weighted by atomic mass is 79.9. The molecule has 1 N–H and O–H groups in total. The average molecular weight is 288 g/mol. The van der Waals surface area contributed by atoms with E-state index in [4.69, 9.17) is 0 Å². The molecule has 0 radical (unpaired) electrons. The van der Waals surface area contributed by atoms with Gasteiger partial charge in [-0.05, 0) is 40.5 Å². The van der Waals surface area contributed by atoms with Crippen LogP contribution in [0.1, 0.15) is 18.9 Å². The lowest BCUT2D eigenvalue weighted by molar-refractivity contribution is -0.117. The summed E-state index contributed by atoms with van der Waals surface area (Å²) in [5.41, 5.74) is 0.697. The number of nitrogens with one attached hydrogen (secondary N) is 1. The number of ketones is 1. The van der Waals surface area contributed by atoms with Crippen molar-refractivity contribution in [3.8, 4) is 0 Å². The van der Waals surface area contributed by atoms with E-state index in [1.165, 1.54) is 6.07 Å². The summed E-state index contributed by atoms with van der Waals surface area (Å²) in [6.07, 6.45) is 1.26. The van der Waals surface area contributed by atoms with Crippen molar-refractivity contribution in [3.05, 3.63) is 34.1 Å². The van der Waals surface area contributed by atoms with E-state index in [0.29, 0.717) is 16.6 Å². The highest BCUT2D eigenvalue weighted by Gasteiger charge is 2.09. The largest absolute Gasteiger partial charge is 0.310 e. The van der Waals surface area contributed by atoms with Gasteiger partial charge >= 0.3 is 0 Å². The van der Waals surface area contributed by atoms with Crippen molar-refractivity contribution in [3.63, 3.8) is 0 Å². The Kier molecular flexibility index (Phi) is 5.63. The zero-order valence-corrected chi connectivity index (χ0v) is 10.8. The zero-order chi connectivity index (χ0) is 12.0. The first kappa shape index (κ1) is 13.3. The molecule has 0 heterocycles. The molecule has 0 spiro atoms. The molecule has 0 aromatic heterocycles. The second-order valence-corrected chi connectivity index (χ2v) is 4.40. The Morgan fingerprint density at radius 3 is 2.94 bits per heavy atom. The fourth-order valence-corrected chi connectivity index (χ4v) is 1.77. The molecule has 0 aliphatic rings. The number of carbonyl (C=O) groups is 1. The van der Waals surface area contributed by atoms with Crippen LogP contribution in [-0.2, 0) is 11.2 Å². The van der Waals surface area contributed by atoms with E-state index >= 15 is 0 Å². The fraction of sp³-hybridized carbons (Fsp3) is 0.417. The van der Waals surface area contributed by atoms with Gasteiger partial charge in [0.15, 0.2) is 5.78 Å². The van der Waals surface area contributed by atoms with Gasteiger partial charge in [-0.2, -0.15) is 0 Å². The van der Waals surface area contributed by atoms with Gasteiger partial charge in [-0.25, -0.2) is 4.39 Å². The molecule has 0 bridgehead atoms. The van der Waals surface area contributed by atoms with Crippen LogP contribution in [0, 0.1) is 5.82 Å². The van der Waals surface area contributed by atoms with Crippen LogP contribution in [0.2, 0.25) is 0 Å². The number of carbonyl (C=O) groups excluding carboxylic acids is 1. The third kappa shape index (κ3) is 4.02. The minimum atomic E-state index is -0.327. The van der Waals surface area contributed by atoms with Crippen molar-refractivity contribution in [2.45, 2.75) is 19.8 Å². The van der Waals surface area contributed by atoms with Crippen LogP contribution >= 0.6 is 15.9 Å². The molecule has 2 nitrogen and oxygen atoms in total. The Bertz CT molecular complexity index is 368. The van der Waals surface area contributed by atoms with E-state index in [1.807, 2.05) is 6.92 Å². The zero-order valence-electron chi connectivity index (χ0n) is 9.22. The van der Waals surface area contributed by atoms with Crippen molar-refractivity contribution in [2.24, 2.45) is 0 Å². The summed E-state index contributed by atoms with van der Waals surface area (Å²) in [5.74, 6) is -0.258. The van der Waals surface area contributed by atoms with Crippen LogP contribution in [0.4, 0.5) is 4.39 Å². The molecule has 0 aliphatic heterocycles. The summed E-state index contributed by atoms with van der Waals surface area (Å²) in [5, 5.41) is 3.03. The van der Waals surface area contributed by atoms with E-state index in [9.17, 15) is 9.18 Å². The van der Waals surface area contributed by atoms with E-state index in [1.54, 1.807) is 12.1 Å². The molecule has 16 heavy (non-hydrogen) atoms. The normalized spacial score (nSPS) is 10.4. The van der Waals surface area contributed by atoms with Gasteiger partial charge in [0.25, 0.3) is 0 Å². The first-order chi connectivity index (χ1) is 7.65. The van der Waals surface area contributed by atoms with Gasteiger partial charge in [-0.3, -0.25) is 4.79 Å². The maximum absolute atomic E-state index is 13.2. The van der Waals surface area contributed by atoms with Crippen molar-refractivity contribution >= 4 is 21.7 Å². The van der Waals surface area contributed by atoms with Gasteiger partial charge < -0.3 is 5.32 Å². The predicted octanol–water partition coefficient (Wildman–Crippen LogP) is 2.70. The third-order valence-electron chi connectivity index (χ3n) is 2.17. The smallest absolute Gasteiger partial charge is 0.151 e. The molecule has 0 amide bonds. The SMILES string of the molecule is CCCNCC(=O)Cc1cccc(F)c1Br. The maximum Gasteiger partial charge on any atom is 0.151 e. The fourth-order valence-electron chi connectivity index (χ4n) is 1.36. The first-order valence-corrected chi connectivity index (χ1v) is 6.09. The minimum absolute atomic E-state index is 0.0692. The molecule has 0 atom stereocenters. The van der Waals surface area contributed by atoms with Crippen LogP contribution < -0.4 is 5.32 Å². The Morgan fingerprint density at radius 1 is 1.50 bits per heavy atom. The molecule has 0 saturated carbocycles. The highest BCUT2D eigenvalue weighted by molar-refractivity contribution is 9.10. The lowest BCUT2D eigenvalue weighted by atomic mass is 10.1. The number of Topliss-reactive ketones (excluding diaryl/α,β-unsaturated/α-hetero) is 1. The number of benzene rings is 1. The molecule has 0 fully saturated rings. The summed E-state index contributed by atoms with van der Waals surface area (Å²) in [6, 6.07) is 4.74. The molecule has 0 unspecified atom stereocenters. The Labute approximate surface area is 103 Å². The topological polar surface area (TPSA) is 29.1 Å². The second-order valence-electron chi connectivity index (χ2n) is 3.61. The van der Waals surface area contributed by atoms with Gasteiger partial charge in [0.2, 0.25) is 0 Å². The minimum Gasteiger partial charge on any atom is -0.310 e. The van der Waals surface area contributed by atoms with E-state index in [-0.39, 0.29) is 18.0 Å². The average Bonchev–Trinajstić information content (AvgIpc) is 2.25. The van der Waals surface area contributed by atoms with Crippen molar-refractivity contribution in [1.82, 2.24) is 5.32 Å². The van der Waals surface area contributed by atoms with Crippen LogP contribution in [0.3, 0.4) is 0 Å². The molecule has 88 valence electrons. The Hall–Kier alpha value is -0.740. The van der Waals surface area contributed by atoms with Gasteiger partial charge in [0.05, 0.1) is 11.0 Å². The first-order valence-electron chi connectivity index (χ1n) is 5.30. The molecular formula is C12H15BrFNO. The molecule has 1 rings (SSSR count). The standard InChI is InChI=1S/C12H15BrFNO/c1-2-6-15-8-10(16)7-9-4-3-5-11(14)12(9)13/h3-5,15H,2,6-8H2,1H3. The number of halogens is 2. The van der Waals surface area contributed by atoms with Gasteiger partial charge in [-0.15, -0.1) is 0 Å². The number of hydrogen-bond donors (Lipinski definition) is 1. The van der Waals surface area contributed by atoms with E-state index in [2.05, 4.69) is 21.2 Å². The summed E-state index contributed by atoms with van der Waals surface area (Å²) in [4.78, 5) is 11.5. The van der Waals surface area contributed by atoms with Crippen LogP contribution in [0.15, 0.2) is 22.7 Å². The van der Waals surface area contributed by atoms with Crippen molar-refractivity contribution < 1.29 is 9.18 Å². The van der Waals surface area contributed by atoms with E-state index in [0.717, 1.165) is 13.0 Å². The van der Waals surface area contributed by atoms with Crippen molar-refractivity contribution in [2.75, 3.05) is 13.1 Å². The summed E-state index contributed by atoms with van der Waals surface area (Å²) < 4.78 is 13.6. The lowest BCUT2D eigenvalue weighted by Crippen LogP contribution is -2.24. The molecule has 0 saturated heterocycles. The Morgan fingerprint density at radius 2 is 2.25 bits per heavy atom. The molecule has 1 aromatic rings. The summed E-state index contributed by atoms with van der Waals surface area (Å²) >= 11 is 3.14. The predicted molar refractivity (Wildman–Crippen MR) is 66.0 cm³/mol. The quantitative estimate of drug-likeness (QED) is 0.815. The lowest BCUT2D eigenvalue weighted by Gasteiger charge is -2.05. The third-order valence-corrected chi connectivity index (χ3v) is 3.06. The van der Waals surface area contributed by atoms with Gasteiger partial charge in [-0.1, -0.05) is 19.1 Å². The van der Waals surface area contributed by atoms with E-state index < -0.39 is 0 Å². The Balaban J connectivity index is 2.53. The van der Waals surface area contributed by atoms with Crippen molar-refractivity contribution in [1.29, 1.82) is 0 Å². The molecule has 4 heteroatoms. The number of rotatable bonds is 6. The monoisotopic (exact) mass is 287 g/mol. The van der Waals surface area contributed by atoms with Gasteiger partial charge in [0, 0.05) is 6.42 Å². The number of hydrogen-bond acceptors (Lipinski definition) is 2. The highest BCUT2D eigenvalue weighted by Crippen LogP contribution is 2.20. The molecule has 1 aromatic carbocycles. The van der Waals surface area contributed by atoms with Crippen LogP contribution in [0.5, 0.6) is 0 Å². The maximum atomic E-state index is 13.2. The summed E-state index contributed by atoms with van der Waals surface area (Å²) in [6.45, 7) is 3.22. The van der Waals surface area contributed by atoms with Crippen LogP contribution in [-0.4, -0.2) is 18.9 Å². The molecular weight excluding hydrogens is 273 g/mol. The van der Waals surface area contributed by atoms with Crippen LogP contribution in [0.25, 0.3) is 0 Å².